The van der Waals surface area contributed by atoms with Crippen molar-refractivity contribution in [1.29, 1.82) is 0 Å². The molecule has 0 aliphatic carbocycles. The first-order chi connectivity index (χ1) is 12.3. The zero-order valence-corrected chi connectivity index (χ0v) is 15.3. The minimum absolute atomic E-state index is 0.00994. The zero-order chi connectivity index (χ0) is 19.4. The molecule has 0 saturated carbocycles. The van der Waals surface area contributed by atoms with E-state index in [0.29, 0.717) is 23.3 Å². The molecule has 2 aromatic rings. The van der Waals surface area contributed by atoms with Gasteiger partial charge in [0.15, 0.2) is 0 Å². The molecular weight excluding hydrogens is 338 g/mol. The van der Waals surface area contributed by atoms with E-state index in [-0.39, 0.29) is 12.8 Å². The van der Waals surface area contributed by atoms with E-state index in [1.807, 2.05) is 19.9 Å². The third-order valence-electron chi connectivity index (χ3n) is 4.52. The van der Waals surface area contributed by atoms with Crippen molar-refractivity contribution in [1.82, 2.24) is 5.32 Å². The molecule has 1 amide bonds. The van der Waals surface area contributed by atoms with Crippen molar-refractivity contribution in [2.75, 3.05) is 7.11 Å². The summed E-state index contributed by atoms with van der Waals surface area (Å²) in [6.45, 7) is 5.30. The first kappa shape index (κ1) is 19.5. The fourth-order valence-electron chi connectivity index (χ4n) is 2.92. The summed E-state index contributed by atoms with van der Waals surface area (Å²) >= 11 is 0. The molecule has 0 fully saturated rings. The van der Waals surface area contributed by atoms with Gasteiger partial charge in [-0.05, 0) is 44.4 Å². The highest BCUT2D eigenvalue weighted by Crippen LogP contribution is 2.29. The van der Waals surface area contributed by atoms with Crippen LogP contribution >= 0.6 is 0 Å². The summed E-state index contributed by atoms with van der Waals surface area (Å²) in [7, 11) is 1.55. The molecule has 140 valence electrons. The summed E-state index contributed by atoms with van der Waals surface area (Å²) in [5.74, 6) is -0.859. The second kappa shape index (κ2) is 8.03. The lowest BCUT2D eigenvalue weighted by molar-refractivity contribution is -0.141. The number of ether oxygens (including phenoxy) is 1. The quantitative estimate of drug-likeness (QED) is 0.733. The maximum Gasteiger partial charge on any atom is 0.339 e. The average molecular weight is 361 g/mol. The number of amides is 1. The van der Waals surface area contributed by atoms with Gasteiger partial charge in [0.05, 0.1) is 7.11 Å². The van der Waals surface area contributed by atoms with E-state index < -0.39 is 23.5 Å². The van der Waals surface area contributed by atoms with Crippen molar-refractivity contribution in [2.45, 2.75) is 46.1 Å². The number of nitrogens with one attached hydrogen (secondary N) is 1. The maximum absolute atomic E-state index is 12.4. The van der Waals surface area contributed by atoms with Crippen LogP contribution in [0.15, 0.2) is 21.3 Å². The molecule has 2 rings (SSSR count). The number of fused-ring (bicyclic) bond motifs is 1. The van der Waals surface area contributed by atoms with Crippen molar-refractivity contribution >= 4 is 22.8 Å². The largest absolute Gasteiger partial charge is 0.496 e. The maximum atomic E-state index is 12.4. The average Bonchev–Trinajstić information content (AvgIpc) is 2.60. The summed E-state index contributed by atoms with van der Waals surface area (Å²) in [5, 5.41) is 12.2. The van der Waals surface area contributed by atoms with Crippen LogP contribution in [0.2, 0.25) is 0 Å². The van der Waals surface area contributed by atoms with Gasteiger partial charge in [0, 0.05) is 22.9 Å². The molecule has 0 unspecified atom stereocenters. The van der Waals surface area contributed by atoms with E-state index in [1.54, 1.807) is 20.1 Å². The van der Waals surface area contributed by atoms with Gasteiger partial charge in [0.25, 0.3) is 0 Å². The normalized spacial score (nSPS) is 12.0. The minimum atomic E-state index is -1.08. The van der Waals surface area contributed by atoms with E-state index in [2.05, 4.69) is 5.32 Å². The van der Waals surface area contributed by atoms with Crippen LogP contribution in [0.4, 0.5) is 0 Å². The Labute approximate surface area is 151 Å². The Morgan fingerprint density at radius 1 is 1.27 bits per heavy atom. The molecule has 1 aromatic carbocycles. The van der Waals surface area contributed by atoms with Crippen LogP contribution in [-0.4, -0.2) is 30.1 Å². The van der Waals surface area contributed by atoms with Crippen molar-refractivity contribution in [2.24, 2.45) is 0 Å². The third kappa shape index (κ3) is 3.87. The molecule has 0 aliphatic heterocycles. The van der Waals surface area contributed by atoms with Crippen molar-refractivity contribution < 1.29 is 23.8 Å². The molecule has 0 saturated heterocycles. The molecule has 1 atom stereocenters. The number of hydrogen-bond donors (Lipinski definition) is 2. The summed E-state index contributed by atoms with van der Waals surface area (Å²) < 4.78 is 10.7. The van der Waals surface area contributed by atoms with Gasteiger partial charge in [0.1, 0.15) is 17.4 Å². The summed E-state index contributed by atoms with van der Waals surface area (Å²) in [4.78, 5) is 35.4. The minimum Gasteiger partial charge on any atom is -0.496 e. The number of carbonyl (C=O) groups is 2. The third-order valence-corrected chi connectivity index (χ3v) is 4.52. The topological polar surface area (TPSA) is 106 Å². The molecule has 26 heavy (non-hydrogen) atoms. The number of carbonyl (C=O) groups excluding carboxylic acids is 1. The van der Waals surface area contributed by atoms with Gasteiger partial charge >= 0.3 is 11.6 Å². The van der Waals surface area contributed by atoms with E-state index in [1.165, 1.54) is 0 Å². The summed E-state index contributed by atoms with van der Waals surface area (Å²) in [6, 6.07) is 2.70. The van der Waals surface area contributed by atoms with E-state index >= 15 is 0 Å². The summed E-state index contributed by atoms with van der Waals surface area (Å²) in [5.41, 5.74) is 1.88. The van der Waals surface area contributed by atoms with Crippen molar-refractivity contribution in [3.63, 3.8) is 0 Å². The van der Waals surface area contributed by atoms with Crippen LogP contribution in [0.1, 0.15) is 36.5 Å². The first-order valence-electron chi connectivity index (χ1n) is 8.42. The highest BCUT2D eigenvalue weighted by molar-refractivity contribution is 5.86. The predicted molar refractivity (Wildman–Crippen MR) is 96.7 cm³/mol. The van der Waals surface area contributed by atoms with Gasteiger partial charge in [0.2, 0.25) is 5.91 Å². The van der Waals surface area contributed by atoms with Crippen molar-refractivity contribution in [3.05, 3.63) is 39.2 Å². The Morgan fingerprint density at radius 3 is 2.54 bits per heavy atom. The molecule has 0 radical (unpaired) electrons. The second-order valence-corrected chi connectivity index (χ2v) is 6.13. The molecule has 1 aromatic heterocycles. The molecular formula is C19H23NO6. The number of aliphatic carboxylic acids is 1. The van der Waals surface area contributed by atoms with Crippen LogP contribution in [-0.2, 0) is 16.0 Å². The number of carboxylic acid groups (broad SMARTS) is 1. The smallest absolute Gasteiger partial charge is 0.339 e. The lowest BCUT2D eigenvalue weighted by Gasteiger charge is -2.13. The number of benzene rings is 1. The van der Waals surface area contributed by atoms with Crippen LogP contribution < -0.4 is 15.7 Å². The summed E-state index contributed by atoms with van der Waals surface area (Å²) in [6.07, 6.45) is 0.479. The zero-order valence-electron chi connectivity index (χ0n) is 15.3. The monoisotopic (exact) mass is 361 g/mol. The number of aryl methyl sites for hydroxylation is 2. The number of hydrogen-bond acceptors (Lipinski definition) is 5. The van der Waals surface area contributed by atoms with Crippen molar-refractivity contribution in [3.8, 4) is 5.75 Å². The van der Waals surface area contributed by atoms with Gasteiger partial charge in [-0.1, -0.05) is 6.92 Å². The van der Waals surface area contributed by atoms with E-state index in [9.17, 15) is 14.4 Å². The van der Waals surface area contributed by atoms with Crippen LogP contribution in [0.25, 0.3) is 11.0 Å². The highest BCUT2D eigenvalue weighted by Gasteiger charge is 2.19. The van der Waals surface area contributed by atoms with Gasteiger partial charge in [-0.15, -0.1) is 0 Å². The molecule has 0 spiro atoms. The predicted octanol–water partition coefficient (Wildman–Crippen LogP) is 2.33. The van der Waals surface area contributed by atoms with E-state index in [4.69, 9.17) is 14.3 Å². The SMILES string of the molecule is CC[C@H](NC(=O)CCc1c(C)c2ccc(OC)c(C)c2oc1=O)C(=O)O. The first-order valence-corrected chi connectivity index (χ1v) is 8.42. The van der Waals surface area contributed by atoms with Crippen LogP contribution in [0.3, 0.4) is 0 Å². The number of methoxy groups -OCH3 is 1. The second-order valence-electron chi connectivity index (χ2n) is 6.13. The number of rotatable bonds is 7. The van der Waals surface area contributed by atoms with Gasteiger partial charge < -0.3 is 19.6 Å². The molecule has 7 heteroatoms. The molecule has 0 bridgehead atoms. The Hall–Kier alpha value is -2.83. The Morgan fingerprint density at radius 2 is 1.96 bits per heavy atom. The van der Waals surface area contributed by atoms with Crippen LogP contribution in [0, 0.1) is 13.8 Å². The fraction of sp³-hybridized carbons (Fsp3) is 0.421. The molecule has 0 aliphatic rings. The Balaban J connectivity index is 2.27. The van der Waals surface area contributed by atoms with Gasteiger partial charge in [-0.3, -0.25) is 4.79 Å². The number of carboxylic acids is 1. The van der Waals surface area contributed by atoms with E-state index in [0.717, 1.165) is 16.5 Å². The molecule has 1 heterocycles. The Bertz CT molecular complexity index is 899. The van der Waals surface area contributed by atoms with Gasteiger partial charge in [-0.2, -0.15) is 0 Å². The van der Waals surface area contributed by atoms with Gasteiger partial charge in [-0.25, -0.2) is 9.59 Å². The molecule has 7 nitrogen and oxygen atoms in total. The van der Waals surface area contributed by atoms with Crippen LogP contribution in [0.5, 0.6) is 5.75 Å². The molecule has 2 N–H and O–H groups in total. The lowest BCUT2D eigenvalue weighted by Crippen LogP contribution is -2.40. The Kier molecular flexibility index (Phi) is 6.02. The lowest BCUT2D eigenvalue weighted by atomic mass is 10.00. The highest BCUT2D eigenvalue weighted by atomic mass is 16.5. The standard InChI is InChI=1S/C19H23NO6/c1-5-14(18(22)23)20-16(21)9-7-13-10(2)12-6-8-15(25-4)11(3)17(12)26-19(13)24/h6,8,14H,5,7,9H2,1-4H3,(H,20,21)(H,22,23)/t14-/m0/s1. The fourth-order valence-corrected chi connectivity index (χ4v) is 2.92.